The van der Waals surface area contributed by atoms with Gasteiger partial charge in [0.15, 0.2) is 5.13 Å². The molecule has 1 aromatic rings. The maximum atomic E-state index is 11.7. The van der Waals surface area contributed by atoms with E-state index in [2.05, 4.69) is 15.3 Å². The Bertz CT molecular complexity index is 489. The molecule has 0 bridgehead atoms. The quantitative estimate of drug-likeness (QED) is 0.420. The second-order valence-electron chi connectivity index (χ2n) is 3.15. The minimum atomic E-state index is -1.12. The van der Waals surface area contributed by atoms with Gasteiger partial charge in [0.1, 0.15) is 12.3 Å². The summed E-state index contributed by atoms with van der Waals surface area (Å²) in [6.45, 7) is 0.838. The number of carbonyl (C=O) groups is 2. The van der Waals surface area contributed by atoms with Gasteiger partial charge in [0.25, 0.3) is 5.91 Å². The fourth-order valence-electron chi connectivity index (χ4n) is 0.981. The molecule has 96 valence electrons. The number of carbonyl (C=O) groups excluding carboxylic acids is 1. The van der Waals surface area contributed by atoms with Crippen LogP contribution in [0.3, 0.4) is 0 Å². The molecule has 0 aliphatic heterocycles. The summed E-state index contributed by atoms with van der Waals surface area (Å²) in [5, 5.41) is 22.3. The largest absolute Gasteiger partial charge is 0.512 e. The lowest BCUT2D eigenvalue weighted by atomic mass is 10.2. The predicted octanol–water partition coefficient (Wildman–Crippen LogP) is 1.07. The smallest absolute Gasteiger partial charge is 0.325 e. The minimum absolute atomic E-state index is 0.105. The van der Waals surface area contributed by atoms with Gasteiger partial charge in [-0.2, -0.15) is 0 Å². The van der Waals surface area contributed by atoms with Crippen LogP contribution in [0.15, 0.2) is 27.9 Å². The van der Waals surface area contributed by atoms with Crippen molar-refractivity contribution in [3.8, 4) is 0 Å². The van der Waals surface area contributed by atoms with Crippen LogP contribution in [0.4, 0.5) is 5.13 Å². The minimum Gasteiger partial charge on any atom is -0.512 e. The average molecular weight is 269 g/mol. The number of aromatic nitrogens is 1. The molecule has 0 fully saturated rings. The van der Waals surface area contributed by atoms with Crippen molar-refractivity contribution in [1.29, 1.82) is 0 Å². The van der Waals surface area contributed by atoms with Crippen LogP contribution in [0.5, 0.6) is 0 Å². The molecule has 0 aliphatic carbocycles. The van der Waals surface area contributed by atoms with Crippen LogP contribution in [-0.4, -0.2) is 39.8 Å². The number of rotatable bonds is 5. The molecular formula is C10H11N3O4S. The van der Waals surface area contributed by atoms with E-state index in [1.165, 1.54) is 24.5 Å². The normalized spacial score (nSPS) is 12.3. The number of aliphatic imine (C=N–C) groups is 1. The summed E-state index contributed by atoms with van der Waals surface area (Å²) >= 11 is 1.22. The molecule has 0 saturated carbocycles. The van der Waals surface area contributed by atoms with Crippen molar-refractivity contribution in [3.63, 3.8) is 0 Å². The van der Waals surface area contributed by atoms with Crippen molar-refractivity contribution in [2.45, 2.75) is 6.92 Å². The molecule has 18 heavy (non-hydrogen) atoms. The van der Waals surface area contributed by atoms with Gasteiger partial charge < -0.3 is 10.2 Å². The number of carboxylic acid groups (broad SMARTS) is 1. The number of hydrogen-bond acceptors (Lipinski definition) is 6. The van der Waals surface area contributed by atoms with E-state index in [0.29, 0.717) is 5.13 Å². The Kier molecular flexibility index (Phi) is 5.00. The van der Waals surface area contributed by atoms with Gasteiger partial charge in [-0.25, -0.2) is 4.98 Å². The lowest BCUT2D eigenvalue weighted by molar-refractivity contribution is -0.135. The molecule has 0 radical (unpaired) electrons. The molecule has 0 aromatic carbocycles. The highest BCUT2D eigenvalue weighted by molar-refractivity contribution is 7.13. The maximum Gasteiger partial charge on any atom is 0.325 e. The van der Waals surface area contributed by atoms with Crippen molar-refractivity contribution in [3.05, 3.63) is 22.9 Å². The van der Waals surface area contributed by atoms with Gasteiger partial charge in [-0.1, -0.05) is 0 Å². The Morgan fingerprint density at radius 3 is 2.78 bits per heavy atom. The number of anilines is 1. The predicted molar refractivity (Wildman–Crippen MR) is 67.1 cm³/mol. The SMILES string of the molecule is C/C(O)=C(/C=NCC(=O)O)C(=O)Nc1nccs1. The number of aliphatic hydroxyl groups excluding tert-OH is 1. The van der Waals surface area contributed by atoms with Gasteiger partial charge in [0.2, 0.25) is 0 Å². The summed E-state index contributed by atoms with van der Waals surface area (Å²) in [5.74, 6) is -1.97. The van der Waals surface area contributed by atoms with E-state index in [9.17, 15) is 14.7 Å². The Morgan fingerprint density at radius 2 is 2.28 bits per heavy atom. The molecule has 8 heteroatoms. The molecule has 1 aromatic heterocycles. The van der Waals surface area contributed by atoms with E-state index in [0.717, 1.165) is 6.21 Å². The molecule has 3 N–H and O–H groups in total. The molecular weight excluding hydrogens is 258 g/mol. The second-order valence-corrected chi connectivity index (χ2v) is 4.05. The molecule has 0 aliphatic rings. The van der Waals surface area contributed by atoms with Crippen molar-refractivity contribution >= 4 is 34.6 Å². The first kappa shape index (κ1) is 13.8. The molecule has 0 unspecified atom stereocenters. The number of carboxylic acids is 1. The van der Waals surface area contributed by atoms with Crippen LogP contribution in [0.25, 0.3) is 0 Å². The van der Waals surface area contributed by atoms with Gasteiger partial charge in [-0.15, -0.1) is 11.3 Å². The van der Waals surface area contributed by atoms with E-state index in [-0.39, 0.29) is 11.3 Å². The summed E-state index contributed by atoms with van der Waals surface area (Å²) in [4.78, 5) is 29.4. The molecule has 1 heterocycles. The van der Waals surface area contributed by atoms with Gasteiger partial charge in [-0.05, 0) is 6.92 Å². The first-order chi connectivity index (χ1) is 8.50. The highest BCUT2D eigenvalue weighted by Crippen LogP contribution is 2.12. The number of aliphatic hydroxyl groups is 1. The number of nitrogens with zero attached hydrogens (tertiary/aromatic N) is 2. The fraction of sp³-hybridized carbons (Fsp3) is 0.200. The number of aliphatic carboxylic acids is 1. The number of hydrogen-bond donors (Lipinski definition) is 3. The van der Waals surface area contributed by atoms with Crippen LogP contribution in [0, 0.1) is 0 Å². The maximum absolute atomic E-state index is 11.7. The Hall–Kier alpha value is -2.22. The Labute approximate surface area is 107 Å². The number of nitrogens with one attached hydrogen (secondary N) is 1. The summed E-state index contributed by atoms with van der Waals surface area (Å²) in [6.07, 6.45) is 2.54. The first-order valence-corrected chi connectivity index (χ1v) is 5.71. The van der Waals surface area contributed by atoms with Crippen molar-refractivity contribution < 1.29 is 19.8 Å². The Morgan fingerprint density at radius 1 is 1.56 bits per heavy atom. The standard InChI is InChI=1S/C10H11N3O4S/c1-6(14)7(4-11-5-8(15)16)9(17)13-10-12-2-3-18-10/h2-4,14H,5H2,1H3,(H,15,16)(H,12,13,17)/b7-6+,11-4?. The third-order valence-corrected chi connectivity index (χ3v) is 2.42. The van der Waals surface area contributed by atoms with Crippen LogP contribution in [0.1, 0.15) is 6.92 Å². The zero-order valence-electron chi connectivity index (χ0n) is 9.45. The van der Waals surface area contributed by atoms with Gasteiger partial charge >= 0.3 is 5.97 Å². The van der Waals surface area contributed by atoms with Gasteiger partial charge in [0, 0.05) is 17.8 Å². The molecule has 0 atom stereocenters. The highest BCUT2D eigenvalue weighted by atomic mass is 32.1. The van der Waals surface area contributed by atoms with Crippen LogP contribution >= 0.6 is 11.3 Å². The topological polar surface area (TPSA) is 112 Å². The first-order valence-electron chi connectivity index (χ1n) is 4.83. The summed E-state index contributed by atoms with van der Waals surface area (Å²) in [6, 6.07) is 0. The van der Waals surface area contributed by atoms with Crippen LogP contribution in [0.2, 0.25) is 0 Å². The third kappa shape index (κ3) is 4.34. The van der Waals surface area contributed by atoms with Crippen LogP contribution in [-0.2, 0) is 9.59 Å². The second kappa shape index (κ2) is 6.50. The van der Waals surface area contributed by atoms with E-state index in [4.69, 9.17) is 5.11 Å². The van der Waals surface area contributed by atoms with Gasteiger partial charge in [-0.3, -0.25) is 19.9 Å². The number of amides is 1. The Balaban J connectivity index is 2.74. The van der Waals surface area contributed by atoms with Crippen molar-refractivity contribution in [2.24, 2.45) is 4.99 Å². The lowest BCUT2D eigenvalue weighted by Crippen LogP contribution is -2.17. The number of thiazole rings is 1. The summed E-state index contributed by atoms with van der Waals surface area (Å²) in [5.41, 5.74) is -0.105. The monoisotopic (exact) mass is 269 g/mol. The molecule has 7 nitrogen and oxygen atoms in total. The van der Waals surface area contributed by atoms with E-state index in [1.54, 1.807) is 5.38 Å². The summed E-state index contributed by atoms with van der Waals surface area (Å²) < 4.78 is 0. The highest BCUT2D eigenvalue weighted by Gasteiger charge is 2.12. The molecule has 0 spiro atoms. The molecule has 1 amide bonds. The van der Waals surface area contributed by atoms with Gasteiger partial charge in [0.05, 0.1) is 5.57 Å². The molecule has 1 rings (SSSR count). The third-order valence-electron chi connectivity index (χ3n) is 1.73. The van der Waals surface area contributed by atoms with Crippen LogP contribution < -0.4 is 5.32 Å². The van der Waals surface area contributed by atoms with E-state index >= 15 is 0 Å². The van der Waals surface area contributed by atoms with E-state index < -0.39 is 18.4 Å². The van der Waals surface area contributed by atoms with Crippen molar-refractivity contribution in [2.75, 3.05) is 11.9 Å². The average Bonchev–Trinajstić information content (AvgIpc) is 2.75. The summed E-state index contributed by atoms with van der Waals surface area (Å²) in [7, 11) is 0. The van der Waals surface area contributed by atoms with Crippen molar-refractivity contribution in [1.82, 2.24) is 4.98 Å². The fourth-order valence-corrected chi connectivity index (χ4v) is 1.50. The zero-order valence-corrected chi connectivity index (χ0v) is 10.3. The zero-order chi connectivity index (χ0) is 13.5. The lowest BCUT2D eigenvalue weighted by Gasteiger charge is -2.03. The van der Waals surface area contributed by atoms with E-state index in [1.807, 2.05) is 0 Å². The number of allylic oxidation sites excluding steroid dienone is 1. The molecule has 0 saturated heterocycles.